The molecule has 1 aliphatic heterocycles. The average molecular weight is 580 g/mol. The quantitative estimate of drug-likeness (QED) is 0.262. The van der Waals surface area contributed by atoms with Crippen molar-refractivity contribution in [1.82, 2.24) is 9.88 Å². The Balaban J connectivity index is 1.21. The number of carboxylic acids is 1. The van der Waals surface area contributed by atoms with Gasteiger partial charge in [0, 0.05) is 35.6 Å². The first-order chi connectivity index (χ1) is 19.6. The Morgan fingerprint density at radius 1 is 0.927 bits per heavy atom. The lowest BCUT2D eigenvalue weighted by Gasteiger charge is -2.31. The molecule has 11 heteroatoms. The molecule has 0 aliphatic carbocycles. The number of thiazole rings is 1. The molecule has 0 unspecified atom stereocenters. The van der Waals surface area contributed by atoms with E-state index in [2.05, 4.69) is 10.3 Å². The zero-order chi connectivity index (χ0) is 29.1. The number of hydrogen-bond donors (Lipinski definition) is 2. The van der Waals surface area contributed by atoms with E-state index in [-0.39, 0.29) is 23.1 Å². The number of nitrogens with zero attached hydrogens (tertiary/aromatic N) is 2. The summed E-state index contributed by atoms with van der Waals surface area (Å²) in [5.74, 6) is -1.57. The number of hydrogen-bond acceptors (Lipinski definition) is 5. The molecule has 1 aromatic heterocycles. The van der Waals surface area contributed by atoms with E-state index in [1.807, 2.05) is 0 Å². The minimum absolute atomic E-state index is 0.0746. The Morgan fingerprint density at radius 2 is 1.59 bits per heavy atom. The summed E-state index contributed by atoms with van der Waals surface area (Å²) < 4.78 is 39.0. The van der Waals surface area contributed by atoms with E-state index in [1.165, 1.54) is 47.7 Å². The smallest absolute Gasteiger partial charge is 0.416 e. The van der Waals surface area contributed by atoms with Crippen molar-refractivity contribution in [1.29, 1.82) is 0 Å². The van der Waals surface area contributed by atoms with E-state index in [0.717, 1.165) is 17.1 Å². The first kappa shape index (κ1) is 28.0. The van der Waals surface area contributed by atoms with Gasteiger partial charge in [0.15, 0.2) is 0 Å². The predicted octanol–water partition coefficient (Wildman–Crippen LogP) is 6.80. The highest BCUT2D eigenvalue weighted by atomic mass is 32.1. The summed E-state index contributed by atoms with van der Waals surface area (Å²) in [4.78, 5) is 43.3. The number of aromatic carboxylic acids is 1. The molecule has 1 aliphatic rings. The zero-order valence-corrected chi connectivity index (χ0v) is 22.3. The van der Waals surface area contributed by atoms with Gasteiger partial charge in [-0.1, -0.05) is 30.3 Å². The fraction of sp³-hybridized carbons (Fsp3) is 0.200. The minimum Gasteiger partial charge on any atom is -0.478 e. The molecule has 5 rings (SSSR count). The number of piperidine rings is 1. The van der Waals surface area contributed by atoms with Crippen molar-refractivity contribution in [3.8, 4) is 11.1 Å². The molecule has 41 heavy (non-hydrogen) atoms. The number of carboxylic acid groups (broad SMARTS) is 1. The number of carbonyl (C=O) groups is 3. The van der Waals surface area contributed by atoms with Gasteiger partial charge in [-0.2, -0.15) is 13.2 Å². The third kappa shape index (κ3) is 6.30. The SMILES string of the molecule is O=C(O)c1ccc(NC(=O)c2csc(C3CCN(C(=O)c4ccccc4-c4ccc(C(F)(F)F)cc4)CC3)n2)cc1. The number of anilines is 1. The molecule has 0 atom stereocenters. The number of aromatic nitrogens is 1. The summed E-state index contributed by atoms with van der Waals surface area (Å²) in [6, 6.07) is 17.5. The topological polar surface area (TPSA) is 99.6 Å². The van der Waals surface area contributed by atoms with E-state index in [0.29, 0.717) is 48.3 Å². The summed E-state index contributed by atoms with van der Waals surface area (Å²) in [7, 11) is 0. The van der Waals surface area contributed by atoms with Gasteiger partial charge in [0.2, 0.25) is 0 Å². The van der Waals surface area contributed by atoms with Crippen molar-refractivity contribution in [2.45, 2.75) is 24.9 Å². The number of benzene rings is 3. The van der Waals surface area contributed by atoms with Gasteiger partial charge in [0.25, 0.3) is 11.8 Å². The van der Waals surface area contributed by atoms with Crippen molar-refractivity contribution in [3.05, 3.63) is 106 Å². The van der Waals surface area contributed by atoms with Crippen molar-refractivity contribution < 1.29 is 32.7 Å². The van der Waals surface area contributed by atoms with E-state index in [1.54, 1.807) is 34.5 Å². The first-order valence-corrected chi connectivity index (χ1v) is 13.6. The number of amides is 2. The molecule has 0 saturated carbocycles. The molecule has 1 saturated heterocycles. The van der Waals surface area contributed by atoms with Crippen LogP contribution in [-0.2, 0) is 6.18 Å². The van der Waals surface area contributed by atoms with Gasteiger partial charge >= 0.3 is 12.1 Å². The number of nitrogens with one attached hydrogen (secondary N) is 1. The van der Waals surface area contributed by atoms with Crippen LogP contribution in [0.5, 0.6) is 0 Å². The maximum absolute atomic E-state index is 13.4. The molecule has 2 heterocycles. The van der Waals surface area contributed by atoms with Gasteiger partial charge in [-0.25, -0.2) is 9.78 Å². The number of likely N-dealkylation sites (tertiary alicyclic amines) is 1. The Labute approximate surface area is 237 Å². The highest BCUT2D eigenvalue weighted by Gasteiger charge is 2.31. The van der Waals surface area contributed by atoms with E-state index >= 15 is 0 Å². The number of rotatable bonds is 6. The molecule has 7 nitrogen and oxygen atoms in total. The van der Waals surface area contributed by atoms with Crippen LogP contribution in [0.3, 0.4) is 0 Å². The van der Waals surface area contributed by atoms with Gasteiger partial charge in [0.05, 0.1) is 16.1 Å². The monoisotopic (exact) mass is 579 g/mol. The molecule has 3 aromatic carbocycles. The Hall–Kier alpha value is -4.51. The fourth-order valence-electron chi connectivity index (χ4n) is 4.73. The lowest BCUT2D eigenvalue weighted by Crippen LogP contribution is -2.38. The Bertz CT molecular complexity index is 1580. The van der Waals surface area contributed by atoms with Crippen LogP contribution >= 0.6 is 11.3 Å². The second-order valence-corrected chi connectivity index (χ2v) is 10.5. The normalized spacial score (nSPS) is 14.1. The summed E-state index contributed by atoms with van der Waals surface area (Å²) >= 11 is 1.38. The third-order valence-electron chi connectivity index (χ3n) is 6.96. The second kappa shape index (κ2) is 11.5. The lowest BCUT2D eigenvalue weighted by atomic mass is 9.94. The van der Waals surface area contributed by atoms with Gasteiger partial charge in [-0.15, -0.1) is 11.3 Å². The van der Waals surface area contributed by atoms with Crippen LogP contribution in [-0.4, -0.2) is 45.9 Å². The second-order valence-electron chi connectivity index (χ2n) is 9.59. The molecule has 1 fully saturated rings. The highest BCUT2D eigenvalue weighted by molar-refractivity contribution is 7.10. The molecule has 2 amide bonds. The van der Waals surface area contributed by atoms with Crippen LogP contribution in [0.2, 0.25) is 0 Å². The largest absolute Gasteiger partial charge is 0.478 e. The molecule has 2 N–H and O–H groups in total. The molecule has 210 valence electrons. The summed E-state index contributed by atoms with van der Waals surface area (Å²) in [5, 5.41) is 14.2. The van der Waals surface area contributed by atoms with Crippen LogP contribution in [0.4, 0.5) is 18.9 Å². The summed E-state index contributed by atoms with van der Waals surface area (Å²) in [5.41, 5.74) is 1.62. The predicted molar refractivity (Wildman–Crippen MR) is 148 cm³/mol. The fourth-order valence-corrected chi connectivity index (χ4v) is 5.70. The Kier molecular flexibility index (Phi) is 7.89. The molecule has 0 bridgehead atoms. The summed E-state index contributed by atoms with van der Waals surface area (Å²) in [6.07, 6.45) is -3.13. The molecular weight excluding hydrogens is 555 g/mol. The van der Waals surface area contributed by atoms with Gasteiger partial charge in [-0.3, -0.25) is 9.59 Å². The Morgan fingerprint density at radius 3 is 2.22 bits per heavy atom. The van der Waals surface area contributed by atoms with Crippen LogP contribution < -0.4 is 5.32 Å². The van der Waals surface area contributed by atoms with Gasteiger partial charge in [0.1, 0.15) is 5.69 Å². The first-order valence-electron chi connectivity index (χ1n) is 12.8. The van der Waals surface area contributed by atoms with Gasteiger partial charge < -0.3 is 15.3 Å². The van der Waals surface area contributed by atoms with E-state index < -0.39 is 23.6 Å². The molecule has 0 spiro atoms. The highest BCUT2D eigenvalue weighted by Crippen LogP contribution is 2.34. The molecular formula is C30H24F3N3O4S. The van der Waals surface area contributed by atoms with Crippen molar-refractivity contribution >= 4 is 34.8 Å². The van der Waals surface area contributed by atoms with Crippen molar-refractivity contribution in [3.63, 3.8) is 0 Å². The molecule has 0 radical (unpaired) electrons. The van der Waals surface area contributed by atoms with Crippen molar-refractivity contribution in [2.75, 3.05) is 18.4 Å². The van der Waals surface area contributed by atoms with Gasteiger partial charge in [-0.05, 0) is 66.4 Å². The van der Waals surface area contributed by atoms with Crippen LogP contribution in [0.25, 0.3) is 11.1 Å². The molecule has 4 aromatic rings. The van der Waals surface area contributed by atoms with E-state index in [4.69, 9.17) is 5.11 Å². The minimum atomic E-state index is -4.43. The standard InChI is InChI=1S/C30H24F3N3O4S/c31-30(32,33)21-9-5-18(6-10-21)23-3-1-2-4-24(23)28(38)36-15-13-19(14-16-36)27-35-25(17-41-27)26(37)34-22-11-7-20(8-12-22)29(39)40/h1-12,17,19H,13-16H2,(H,34,37)(H,39,40). The summed E-state index contributed by atoms with van der Waals surface area (Å²) in [6.45, 7) is 0.948. The number of carbonyl (C=O) groups excluding carboxylic acids is 2. The zero-order valence-electron chi connectivity index (χ0n) is 21.5. The van der Waals surface area contributed by atoms with Crippen LogP contribution in [0.15, 0.2) is 78.2 Å². The maximum Gasteiger partial charge on any atom is 0.416 e. The number of alkyl halides is 3. The van der Waals surface area contributed by atoms with E-state index in [9.17, 15) is 27.6 Å². The van der Waals surface area contributed by atoms with Crippen LogP contribution in [0, 0.1) is 0 Å². The lowest BCUT2D eigenvalue weighted by molar-refractivity contribution is -0.137. The maximum atomic E-state index is 13.4. The average Bonchev–Trinajstić information content (AvgIpc) is 3.48. The van der Waals surface area contributed by atoms with Crippen LogP contribution in [0.1, 0.15) is 60.5 Å². The number of halogens is 3. The third-order valence-corrected chi connectivity index (χ3v) is 7.96. The van der Waals surface area contributed by atoms with Crippen molar-refractivity contribution in [2.24, 2.45) is 0 Å².